The van der Waals surface area contributed by atoms with Gasteiger partial charge in [-0.2, -0.15) is 0 Å². The van der Waals surface area contributed by atoms with E-state index in [0.29, 0.717) is 25.6 Å². The number of aromatic nitrogens is 3. The lowest BCUT2D eigenvalue weighted by molar-refractivity contribution is 0.158. The molecule has 3 rings (SSSR count). The van der Waals surface area contributed by atoms with E-state index in [-0.39, 0.29) is 0 Å². The SMILES string of the molecule is Cc1nc(N)c2nc(C)n(CCOCC#Cc3ccccc3)c2c1C. The van der Waals surface area contributed by atoms with Crippen LogP contribution in [-0.4, -0.2) is 27.7 Å². The number of rotatable bonds is 4. The van der Waals surface area contributed by atoms with Gasteiger partial charge in [0.05, 0.1) is 12.1 Å². The highest BCUT2D eigenvalue weighted by Gasteiger charge is 2.15. The van der Waals surface area contributed by atoms with E-state index in [2.05, 4.69) is 26.4 Å². The molecule has 0 aliphatic carbocycles. The maximum Gasteiger partial charge on any atom is 0.151 e. The molecule has 0 bridgehead atoms. The number of fused-ring (bicyclic) bond motifs is 1. The topological polar surface area (TPSA) is 66.0 Å². The molecule has 0 amide bonds. The maximum atomic E-state index is 6.02. The van der Waals surface area contributed by atoms with Crippen LogP contribution >= 0.6 is 0 Å². The minimum Gasteiger partial charge on any atom is -0.382 e. The summed E-state index contributed by atoms with van der Waals surface area (Å²) in [5.41, 5.74) is 10.9. The third kappa shape index (κ3) is 3.65. The van der Waals surface area contributed by atoms with Crippen LogP contribution in [0.4, 0.5) is 5.82 Å². The van der Waals surface area contributed by atoms with Gasteiger partial charge in [-0.1, -0.05) is 30.0 Å². The highest BCUT2D eigenvalue weighted by molar-refractivity contribution is 5.88. The Hall–Kier alpha value is -2.84. The molecule has 0 radical (unpaired) electrons. The molecule has 0 fully saturated rings. The lowest BCUT2D eigenvalue weighted by Gasteiger charge is -2.10. The molecule has 2 heterocycles. The van der Waals surface area contributed by atoms with Crippen LogP contribution < -0.4 is 5.73 Å². The molecule has 25 heavy (non-hydrogen) atoms. The fourth-order valence-electron chi connectivity index (χ4n) is 2.82. The second-order valence-electron chi connectivity index (χ2n) is 5.94. The molecule has 0 saturated carbocycles. The van der Waals surface area contributed by atoms with E-state index >= 15 is 0 Å². The number of nitrogens with zero attached hydrogens (tertiary/aromatic N) is 3. The molecule has 128 valence electrons. The van der Waals surface area contributed by atoms with Crippen LogP contribution in [-0.2, 0) is 11.3 Å². The monoisotopic (exact) mass is 334 g/mol. The average molecular weight is 334 g/mol. The maximum absolute atomic E-state index is 6.02. The van der Waals surface area contributed by atoms with E-state index in [4.69, 9.17) is 10.5 Å². The van der Waals surface area contributed by atoms with Crippen molar-refractivity contribution in [2.45, 2.75) is 27.3 Å². The van der Waals surface area contributed by atoms with Gasteiger partial charge in [-0.25, -0.2) is 9.97 Å². The third-order valence-electron chi connectivity index (χ3n) is 4.23. The summed E-state index contributed by atoms with van der Waals surface area (Å²) in [4.78, 5) is 8.92. The minimum atomic E-state index is 0.405. The Morgan fingerprint density at radius 3 is 2.64 bits per heavy atom. The Kier molecular flexibility index (Phi) is 5.01. The van der Waals surface area contributed by atoms with Gasteiger partial charge >= 0.3 is 0 Å². The van der Waals surface area contributed by atoms with E-state index in [1.807, 2.05) is 51.1 Å². The predicted molar refractivity (Wildman–Crippen MR) is 100 cm³/mol. The zero-order valence-corrected chi connectivity index (χ0v) is 14.8. The number of pyridine rings is 1. The highest BCUT2D eigenvalue weighted by atomic mass is 16.5. The number of hydrogen-bond donors (Lipinski definition) is 1. The lowest BCUT2D eigenvalue weighted by Crippen LogP contribution is -2.09. The van der Waals surface area contributed by atoms with E-state index in [9.17, 15) is 0 Å². The van der Waals surface area contributed by atoms with Gasteiger partial charge in [-0.05, 0) is 38.5 Å². The summed E-state index contributed by atoms with van der Waals surface area (Å²) < 4.78 is 7.80. The molecule has 0 saturated heterocycles. The summed E-state index contributed by atoms with van der Waals surface area (Å²) in [6.07, 6.45) is 0. The summed E-state index contributed by atoms with van der Waals surface area (Å²) in [5, 5.41) is 0. The molecule has 3 aromatic rings. The molecule has 5 heteroatoms. The zero-order chi connectivity index (χ0) is 17.8. The Labute approximate surface area is 147 Å². The molecule has 5 nitrogen and oxygen atoms in total. The van der Waals surface area contributed by atoms with Gasteiger partial charge in [0, 0.05) is 17.8 Å². The Balaban J connectivity index is 1.66. The fraction of sp³-hybridized carbons (Fsp3) is 0.300. The summed E-state index contributed by atoms with van der Waals surface area (Å²) in [6, 6.07) is 9.89. The van der Waals surface area contributed by atoms with Crippen molar-refractivity contribution >= 4 is 16.9 Å². The molecular weight excluding hydrogens is 312 g/mol. The highest BCUT2D eigenvalue weighted by Crippen LogP contribution is 2.25. The first kappa shape index (κ1) is 17.0. The first-order valence-corrected chi connectivity index (χ1v) is 8.29. The third-order valence-corrected chi connectivity index (χ3v) is 4.23. The van der Waals surface area contributed by atoms with E-state index < -0.39 is 0 Å². The molecule has 0 aliphatic rings. The second-order valence-corrected chi connectivity index (χ2v) is 5.94. The van der Waals surface area contributed by atoms with Crippen LogP contribution in [0.5, 0.6) is 0 Å². The van der Waals surface area contributed by atoms with Crippen LogP contribution in [0.2, 0.25) is 0 Å². The van der Waals surface area contributed by atoms with E-state index in [0.717, 1.165) is 33.7 Å². The predicted octanol–water partition coefficient (Wildman–Crippen LogP) is 3.01. The number of ether oxygens (including phenoxy) is 1. The molecule has 1 aromatic carbocycles. The first-order valence-electron chi connectivity index (χ1n) is 8.29. The van der Waals surface area contributed by atoms with Crippen molar-refractivity contribution in [3.63, 3.8) is 0 Å². The summed E-state index contributed by atoms with van der Waals surface area (Å²) >= 11 is 0. The molecular formula is C20H22N4O. The lowest BCUT2D eigenvalue weighted by atomic mass is 10.2. The molecule has 0 atom stereocenters. The van der Waals surface area contributed by atoms with Crippen LogP contribution in [0.1, 0.15) is 22.6 Å². The number of aryl methyl sites for hydroxylation is 3. The number of hydrogen-bond acceptors (Lipinski definition) is 4. The van der Waals surface area contributed by atoms with Crippen molar-refractivity contribution in [1.82, 2.24) is 14.5 Å². The van der Waals surface area contributed by atoms with Crippen molar-refractivity contribution in [3.05, 3.63) is 53.0 Å². The van der Waals surface area contributed by atoms with E-state index in [1.165, 1.54) is 0 Å². The standard InChI is InChI=1S/C20H22N4O/c1-14-15(2)22-20(21)18-19(14)24(16(3)23-18)11-13-25-12-7-10-17-8-5-4-6-9-17/h4-6,8-9H,11-13H2,1-3H3,(H2,21,22). The van der Waals surface area contributed by atoms with Crippen LogP contribution in [0.3, 0.4) is 0 Å². The van der Waals surface area contributed by atoms with Crippen LogP contribution in [0.25, 0.3) is 11.0 Å². The van der Waals surface area contributed by atoms with Gasteiger partial charge in [0.1, 0.15) is 17.9 Å². The zero-order valence-electron chi connectivity index (χ0n) is 14.8. The molecule has 0 spiro atoms. The largest absolute Gasteiger partial charge is 0.382 e. The fourth-order valence-corrected chi connectivity index (χ4v) is 2.82. The van der Waals surface area contributed by atoms with Crippen molar-refractivity contribution in [1.29, 1.82) is 0 Å². The summed E-state index contributed by atoms with van der Waals surface area (Å²) in [7, 11) is 0. The van der Waals surface area contributed by atoms with Crippen molar-refractivity contribution in [3.8, 4) is 11.8 Å². The normalized spacial score (nSPS) is 10.7. The Bertz CT molecular complexity index is 949. The van der Waals surface area contributed by atoms with Gasteiger partial charge in [0.15, 0.2) is 5.82 Å². The van der Waals surface area contributed by atoms with Crippen molar-refractivity contribution in [2.75, 3.05) is 18.9 Å². The Morgan fingerprint density at radius 2 is 1.88 bits per heavy atom. The number of nitrogens with two attached hydrogens (primary N) is 1. The van der Waals surface area contributed by atoms with Gasteiger partial charge < -0.3 is 15.0 Å². The number of anilines is 1. The summed E-state index contributed by atoms with van der Waals surface area (Å²) in [5.74, 6) is 7.51. The first-order chi connectivity index (χ1) is 12.1. The molecule has 2 aromatic heterocycles. The quantitative estimate of drug-likeness (QED) is 0.588. The van der Waals surface area contributed by atoms with Gasteiger partial charge in [0.2, 0.25) is 0 Å². The average Bonchev–Trinajstić information content (AvgIpc) is 2.94. The van der Waals surface area contributed by atoms with Crippen LogP contribution in [0, 0.1) is 32.6 Å². The summed E-state index contributed by atoms with van der Waals surface area (Å²) in [6.45, 7) is 7.67. The Morgan fingerprint density at radius 1 is 1.12 bits per heavy atom. The minimum absolute atomic E-state index is 0.405. The van der Waals surface area contributed by atoms with Crippen molar-refractivity contribution in [2.24, 2.45) is 0 Å². The molecule has 2 N–H and O–H groups in total. The van der Waals surface area contributed by atoms with E-state index in [1.54, 1.807) is 0 Å². The van der Waals surface area contributed by atoms with Crippen molar-refractivity contribution < 1.29 is 4.74 Å². The number of imidazole rings is 1. The smallest absolute Gasteiger partial charge is 0.151 e. The van der Waals surface area contributed by atoms with Gasteiger partial charge in [0.25, 0.3) is 0 Å². The van der Waals surface area contributed by atoms with Gasteiger partial charge in [-0.3, -0.25) is 0 Å². The molecule has 0 unspecified atom stereocenters. The molecule has 0 aliphatic heterocycles. The number of benzene rings is 1. The van der Waals surface area contributed by atoms with Gasteiger partial charge in [-0.15, -0.1) is 0 Å². The van der Waals surface area contributed by atoms with Crippen LogP contribution in [0.15, 0.2) is 30.3 Å². The second kappa shape index (κ2) is 7.37. The number of nitrogen functional groups attached to an aromatic ring is 1.